The van der Waals surface area contributed by atoms with Gasteiger partial charge in [0.1, 0.15) is 5.76 Å². The van der Waals surface area contributed by atoms with E-state index in [9.17, 15) is 0 Å². The normalized spacial score (nSPS) is 11.6. The summed E-state index contributed by atoms with van der Waals surface area (Å²) in [4.78, 5) is 4.80. The van der Waals surface area contributed by atoms with Crippen LogP contribution in [0.15, 0.2) is 11.8 Å². The molecule has 0 aliphatic carbocycles. The van der Waals surface area contributed by atoms with Gasteiger partial charge in [0.15, 0.2) is 0 Å². The molecule has 0 atom stereocenters. The van der Waals surface area contributed by atoms with E-state index in [2.05, 4.69) is 5.48 Å². The molecule has 7 heavy (non-hydrogen) atoms. The molecule has 0 saturated heterocycles. The summed E-state index contributed by atoms with van der Waals surface area (Å²) in [5, 5.41) is 0. The van der Waals surface area contributed by atoms with Gasteiger partial charge in [-0.1, -0.05) is 0 Å². The third kappa shape index (κ3) is 3.33. The van der Waals surface area contributed by atoms with Crippen LogP contribution >= 0.6 is 0 Å². The quantitative estimate of drug-likeness (QED) is 0.415. The van der Waals surface area contributed by atoms with Crippen LogP contribution in [0, 0.1) is 0 Å². The van der Waals surface area contributed by atoms with E-state index in [0.717, 1.165) is 5.76 Å². The molecular weight excluding hydrogens is 90.1 g/mol. The zero-order chi connectivity index (χ0) is 5.70. The van der Waals surface area contributed by atoms with Gasteiger partial charge < -0.3 is 4.84 Å². The monoisotopic (exact) mass is 101 g/mol. The molecule has 1 N–H and O–H groups in total. The summed E-state index contributed by atoms with van der Waals surface area (Å²) in [5.74, 6) is 0.891. The molecule has 42 valence electrons. The third-order valence-corrected chi connectivity index (χ3v) is 0.670. The average Bonchev–Trinajstić information content (AvgIpc) is 1.68. The molecule has 2 nitrogen and oxygen atoms in total. The van der Waals surface area contributed by atoms with Crippen LogP contribution in [0.25, 0.3) is 0 Å². The lowest BCUT2D eigenvalue weighted by atomic mass is 10.5. The Hall–Kier alpha value is -0.500. The fourth-order valence-electron chi connectivity index (χ4n) is 0.220. The predicted molar refractivity (Wildman–Crippen MR) is 29.6 cm³/mol. The SMILES string of the molecule is CC=C(C)ONC. The van der Waals surface area contributed by atoms with Crippen molar-refractivity contribution in [2.75, 3.05) is 7.05 Å². The molecule has 0 radical (unpaired) electrons. The minimum Gasteiger partial charge on any atom is -0.414 e. The Morgan fingerprint density at radius 2 is 2.29 bits per heavy atom. The van der Waals surface area contributed by atoms with Gasteiger partial charge in [-0.05, 0) is 19.9 Å². The Bertz CT molecular complexity index is 68.5. The van der Waals surface area contributed by atoms with Crippen LogP contribution in [-0.2, 0) is 4.84 Å². The molecule has 0 aliphatic rings. The summed E-state index contributed by atoms with van der Waals surface area (Å²) in [7, 11) is 1.73. The molecule has 0 aromatic rings. The standard InChI is InChI=1S/C5H11NO/c1-4-5(2)7-6-3/h4,6H,1-3H3. The minimum absolute atomic E-state index is 0.891. The summed E-state index contributed by atoms with van der Waals surface area (Å²) in [6.07, 6.45) is 1.89. The minimum atomic E-state index is 0.891. The number of hydrogen-bond donors (Lipinski definition) is 1. The molecule has 0 rings (SSSR count). The number of allylic oxidation sites excluding steroid dienone is 2. The number of hydrogen-bond acceptors (Lipinski definition) is 2. The molecule has 0 heterocycles. The summed E-state index contributed by atoms with van der Waals surface area (Å²) in [5.41, 5.74) is 2.55. The zero-order valence-electron chi connectivity index (χ0n) is 4.99. The van der Waals surface area contributed by atoms with Crippen LogP contribution in [0.4, 0.5) is 0 Å². The lowest BCUT2D eigenvalue weighted by Gasteiger charge is -1.98. The molecule has 2 heteroatoms. The van der Waals surface area contributed by atoms with Crippen molar-refractivity contribution in [2.45, 2.75) is 13.8 Å². The molecule has 0 aliphatic heterocycles. The first-order chi connectivity index (χ1) is 3.31. The van der Waals surface area contributed by atoms with Gasteiger partial charge in [0.25, 0.3) is 0 Å². The smallest absolute Gasteiger partial charge is 0.116 e. The molecule has 0 saturated carbocycles. The van der Waals surface area contributed by atoms with E-state index in [0.29, 0.717) is 0 Å². The Labute approximate surface area is 44.1 Å². The lowest BCUT2D eigenvalue weighted by Crippen LogP contribution is -2.04. The van der Waals surface area contributed by atoms with Gasteiger partial charge >= 0.3 is 0 Å². The fraction of sp³-hybridized carbons (Fsp3) is 0.600. The highest BCUT2D eigenvalue weighted by atomic mass is 16.6. The second kappa shape index (κ2) is 3.68. The third-order valence-electron chi connectivity index (χ3n) is 0.670. The maximum Gasteiger partial charge on any atom is 0.116 e. The largest absolute Gasteiger partial charge is 0.414 e. The van der Waals surface area contributed by atoms with Crippen molar-refractivity contribution >= 4 is 0 Å². The average molecular weight is 101 g/mol. The molecule has 0 spiro atoms. The van der Waals surface area contributed by atoms with Crippen molar-refractivity contribution in [1.29, 1.82) is 0 Å². The first kappa shape index (κ1) is 6.50. The first-order valence-electron chi connectivity index (χ1n) is 2.27. The van der Waals surface area contributed by atoms with Gasteiger partial charge in [0.05, 0.1) is 0 Å². The molecule has 0 bridgehead atoms. The van der Waals surface area contributed by atoms with E-state index >= 15 is 0 Å². The maximum absolute atomic E-state index is 4.80. The summed E-state index contributed by atoms with van der Waals surface area (Å²) < 4.78 is 0. The van der Waals surface area contributed by atoms with Gasteiger partial charge in [0.2, 0.25) is 0 Å². The van der Waals surface area contributed by atoms with Crippen LogP contribution in [0.2, 0.25) is 0 Å². The second-order valence-electron chi connectivity index (χ2n) is 1.21. The number of hydroxylamine groups is 1. The van der Waals surface area contributed by atoms with E-state index in [4.69, 9.17) is 4.84 Å². The van der Waals surface area contributed by atoms with Crippen LogP contribution in [-0.4, -0.2) is 7.05 Å². The predicted octanol–water partition coefficient (Wildman–Crippen LogP) is 1.06. The van der Waals surface area contributed by atoms with E-state index in [1.54, 1.807) is 7.05 Å². The highest BCUT2D eigenvalue weighted by molar-refractivity contribution is 4.82. The van der Waals surface area contributed by atoms with Gasteiger partial charge in [-0.15, -0.1) is 0 Å². The summed E-state index contributed by atoms with van der Waals surface area (Å²) in [6.45, 7) is 3.81. The van der Waals surface area contributed by atoms with Crippen molar-refractivity contribution < 1.29 is 4.84 Å². The maximum atomic E-state index is 4.80. The Morgan fingerprint density at radius 1 is 1.71 bits per heavy atom. The van der Waals surface area contributed by atoms with Crippen molar-refractivity contribution in [3.05, 3.63) is 11.8 Å². The number of rotatable bonds is 2. The topological polar surface area (TPSA) is 21.3 Å². The number of nitrogens with one attached hydrogen (secondary N) is 1. The van der Waals surface area contributed by atoms with Gasteiger partial charge in [-0.25, -0.2) is 0 Å². The molecule has 0 unspecified atom stereocenters. The van der Waals surface area contributed by atoms with Crippen molar-refractivity contribution in [1.82, 2.24) is 5.48 Å². The summed E-state index contributed by atoms with van der Waals surface area (Å²) >= 11 is 0. The van der Waals surface area contributed by atoms with Crippen molar-refractivity contribution in [2.24, 2.45) is 0 Å². The second-order valence-corrected chi connectivity index (χ2v) is 1.21. The Balaban J connectivity index is 3.17. The fourth-order valence-corrected chi connectivity index (χ4v) is 0.220. The van der Waals surface area contributed by atoms with Gasteiger partial charge in [-0.3, -0.25) is 0 Å². The molecule has 0 fully saturated rings. The van der Waals surface area contributed by atoms with E-state index in [1.807, 2.05) is 19.9 Å². The lowest BCUT2D eigenvalue weighted by molar-refractivity contribution is 0.128. The van der Waals surface area contributed by atoms with Gasteiger partial charge in [0, 0.05) is 7.05 Å². The molecular formula is C5H11NO. The van der Waals surface area contributed by atoms with Gasteiger partial charge in [-0.2, -0.15) is 5.48 Å². The molecule has 0 aromatic heterocycles. The van der Waals surface area contributed by atoms with Crippen LogP contribution in [0.1, 0.15) is 13.8 Å². The van der Waals surface area contributed by atoms with Crippen molar-refractivity contribution in [3.8, 4) is 0 Å². The summed E-state index contributed by atoms with van der Waals surface area (Å²) in [6, 6.07) is 0. The van der Waals surface area contributed by atoms with Crippen LogP contribution < -0.4 is 5.48 Å². The Morgan fingerprint density at radius 3 is 2.43 bits per heavy atom. The van der Waals surface area contributed by atoms with E-state index in [-0.39, 0.29) is 0 Å². The van der Waals surface area contributed by atoms with Crippen LogP contribution in [0.5, 0.6) is 0 Å². The zero-order valence-corrected chi connectivity index (χ0v) is 4.99. The highest BCUT2D eigenvalue weighted by Gasteiger charge is 1.77. The first-order valence-corrected chi connectivity index (χ1v) is 2.27. The van der Waals surface area contributed by atoms with E-state index < -0.39 is 0 Å². The van der Waals surface area contributed by atoms with E-state index in [1.165, 1.54) is 0 Å². The molecule has 0 amide bonds. The van der Waals surface area contributed by atoms with Crippen molar-refractivity contribution in [3.63, 3.8) is 0 Å². The highest BCUT2D eigenvalue weighted by Crippen LogP contribution is 1.87. The van der Waals surface area contributed by atoms with Crippen LogP contribution in [0.3, 0.4) is 0 Å². The molecule has 0 aromatic carbocycles. The Kier molecular flexibility index (Phi) is 3.42.